The Labute approximate surface area is 144 Å². The lowest BCUT2D eigenvalue weighted by Crippen LogP contribution is -2.41. The van der Waals surface area contributed by atoms with Crippen LogP contribution in [0.3, 0.4) is 0 Å². The zero-order valence-electron chi connectivity index (χ0n) is 14.5. The predicted molar refractivity (Wildman–Crippen MR) is 99.2 cm³/mol. The molecule has 2 saturated heterocycles. The van der Waals surface area contributed by atoms with Crippen molar-refractivity contribution in [2.75, 3.05) is 39.8 Å². The average Bonchev–Trinajstić information content (AvgIpc) is 3.24. The van der Waals surface area contributed by atoms with Crippen LogP contribution < -0.4 is 5.32 Å². The number of thiophene rings is 1. The van der Waals surface area contributed by atoms with Crippen LogP contribution in [-0.4, -0.2) is 55.5 Å². The number of nitrogens with one attached hydrogen (secondary N) is 1. The van der Waals surface area contributed by atoms with E-state index in [4.69, 9.17) is 4.99 Å². The minimum Gasteiger partial charge on any atom is -0.357 e. The summed E-state index contributed by atoms with van der Waals surface area (Å²) >= 11 is 1.89. The highest BCUT2D eigenvalue weighted by molar-refractivity contribution is 7.10. The molecule has 1 N–H and O–H groups in total. The van der Waals surface area contributed by atoms with E-state index >= 15 is 0 Å². The summed E-state index contributed by atoms with van der Waals surface area (Å²) in [5.41, 5.74) is 0. The normalized spacial score (nSPS) is 26.7. The van der Waals surface area contributed by atoms with E-state index in [0.29, 0.717) is 12.0 Å². The molecule has 0 amide bonds. The van der Waals surface area contributed by atoms with Gasteiger partial charge in [0.25, 0.3) is 0 Å². The van der Waals surface area contributed by atoms with Crippen molar-refractivity contribution in [2.45, 2.75) is 38.6 Å². The smallest absolute Gasteiger partial charge is 0.193 e. The summed E-state index contributed by atoms with van der Waals surface area (Å²) in [7, 11) is 2.27. The van der Waals surface area contributed by atoms with E-state index in [0.717, 1.165) is 32.1 Å². The molecule has 0 radical (unpaired) electrons. The molecule has 2 aliphatic heterocycles. The molecule has 2 aliphatic rings. The number of hydrogen-bond donors (Lipinski definition) is 1. The van der Waals surface area contributed by atoms with E-state index in [1.54, 1.807) is 0 Å². The lowest BCUT2D eigenvalue weighted by Gasteiger charge is -2.38. The van der Waals surface area contributed by atoms with E-state index in [9.17, 15) is 0 Å². The van der Waals surface area contributed by atoms with Gasteiger partial charge in [0.2, 0.25) is 0 Å². The molecule has 3 heterocycles. The van der Waals surface area contributed by atoms with Crippen molar-refractivity contribution in [3.05, 3.63) is 22.4 Å². The molecule has 23 heavy (non-hydrogen) atoms. The first-order chi connectivity index (χ1) is 11.3. The van der Waals surface area contributed by atoms with Crippen LogP contribution in [0.4, 0.5) is 0 Å². The molecule has 128 valence electrons. The first-order valence-electron chi connectivity index (χ1n) is 9.06. The van der Waals surface area contributed by atoms with Crippen LogP contribution in [-0.2, 0) is 0 Å². The first kappa shape index (κ1) is 16.8. The van der Waals surface area contributed by atoms with E-state index in [-0.39, 0.29) is 0 Å². The number of rotatable bonds is 4. The summed E-state index contributed by atoms with van der Waals surface area (Å²) in [6, 6.07) is 5.00. The highest BCUT2D eigenvalue weighted by Gasteiger charge is 2.31. The van der Waals surface area contributed by atoms with Crippen molar-refractivity contribution in [3.63, 3.8) is 0 Å². The average molecular weight is 335 g/mol. The third kappa shape index (κ3) is 4.07. The van der Waals surface area contributed by atoms with Gasteiger partial charge in [0.15, 0.2) is 5.96 Å². The molecule has 0 aliphatic carbocycles. The fraction of sp³-hybridized carbons (Fsp3) is 0.722. The standard InChI is InChI=1S/C18H30N4S/c1-3-19-18(22-11-4-5-12-22)20-14-15-8-6-10-21(2)17(15)16-9-7-13-23-16/h7,9,13,15,17H,3-6,8,10-12,14H2,1-2H3,(H,19,20). The molecule has 0 spiro atoms. The second-order valence-electron chi connectivity index (χ2n) is 6.73. The summed E-state index contributed by atoms with van der Waals surface area (Å²) in [6.07, 6.45) is 5.18. The number of aliphatic imine (C=N–C) groups is 1. The van der Waals surface area contributed by atoms with Gasteiger partial charge in [0.05, 0.1) is 0 Å². The van der Waals surface area contributed by atoms with E-state index in [1.807, 2.05) is 11.3 Å². The van der Waals surface area contributed by atoms with Crippen LogP contribution in [0.5, 0.6) is 0 Å². The zero-order chi connectivity index (χ0) is 16.1. The van der Waals surface area contributed by atoms with Gasteiger partial charge in [-0.3, -0.25) is 9.89 Å². The molecule has 1 aromatic heterocycles. The summed E-state index contributed by atoms with van der Waals surface area (Å²) in [5.74, 6) is 1.76. The molecule has 0 bridgehead atoms. The number of guanidine groups is 1. The zero-order valence-corrected chi connectivity index (χ0v) is 15.3. The van der Waals surface area contributed by atoms with Gasteiger partial charge < -0.3 is 10.2 Å². The number of likely N-dealkylation sites (tertiary alicyclic amines) is 2. The van der Waals surface area contributed by atoms with Crippen molar-refractivity contribution in [2.24, 2.45) is 10.9 Å². The number of piperidine rings is 1. The third-order valence-electron chi connectivity index (χ3n) is 5.06. The number of nitrogens with zero attached hydrogens (tertiary/aromatic N) is 3. The Hall–Kier alpha value is -1.07. The summed E-state index contributed by atoms with van der Waals surface area (Å²) in [5, 5.41) is 5.69. The Balaban J connectivity index is 1.71. The molecular weight excluding hydrogens is 304 g/mol. The van der Waals surface area contributed by atoms with Gasteiger partial charge in [-0.1, -0.05) is 6.07 Å². The van der Waals surface area contributed by atoms with Gasteiger partial charge in [0.1, 0.15) is 0 Å². The molecule has 0 saturated carbocycles. The quantitative estimate of drug-likeness (QED) is 0.678. The third-order valence-corrected chi connectivity index (χ3v) is 6.00. The molecule has 2 atom stereocenters. The first-order valence-corrected chi connectivity index (χ1v) is 9.94. The lowest BCUT2D eigenvalue weighted by atomic mass is 9.88. The Kier molecular flexibility index (Phi) is 5.95. The topological polar surface area (TPSA) is 30.9 Å². The summed E-state index contributed by atoms with van der Waals surface area (Å²) < 4.78 is 0. The second-order valence-corrected chi connectivity index (χ2v) is 7.71. The van der Waals surface area contributed by atoms with Gasteiger partial charge in [-0.05, 0) is 63.6 Å². The molecule has 2 fully saturated rings. The van der Waals surface area contributed by atoms with Gasteiger partial charge in [-0.15, -0.1) is 11.3 Å². The van der Waals surface area contributed by atoms with Crippen molar-refractivity contribution in [1.29, 1.82) is 0 Å². The largest absolute Gasteiger partial charge is 0.357 e. The van der Waals surface area contributed by atoms with E-state index in [1.165, 1.54) is 37.1 Å². The van der Waals surface area contributed by atoms with Crippen molar-refractivity contribution in [1.82, 2.24) is 15.1 Å². The fourth-order valence-electron chi connectivity index (χ4n) is 3.92. The Morgan fingerprint density at radius 2 is 2.13 bits per heavy atom. The van der Waals surface area contributed by atoms with Crippen molar-refractivity contribution >= 4 is 17.3 Å². The number of hydrogen-bond acceptors (Lipinski definition) is 3. The van der Waals surface area contributed by atoms with Crippen LogP contribution >= 0.6 is 11.3 Å². The van der Waals surface area contributed by atoms with E-state index in [2.05, 4.69) is 46.6 Å². The maximum Gasteiger partial charge on any atom is 0.193 e. The van der Waals surface area contributed by atoms with Gasteiger partial charge in [-0.25, -0.2) is 0 Å². The molecule has 3 rings (SSSR count). The minimum atomic E-state index is 0.536. The predicted octanol–water partition coefficient (Wildman–Crippen LogP) is 3.19. The summed E-state index contributed by atoms with van der Waals surface area (Å²) in [4.78, 5) is 11.5. The Bertz CT molecular complexity index is 493. The molecular formula is C18H30N4S. The van der Waals surface area contributed by atoms with Crippen LogP contribution in [0.25, 0.3) is 0 Å². The fourth-order valence-corrected chi connectivity index (χ4v) is 4.90. The monoisotopic (exact) mass is 334 g/mol. The highest BCUT2D eigenvalue weighted by Crippen LogP contribution is 2.37. The van der Waals surface area contributed by atoms with Crippen LogP contribution in [0.15, 0.2) is 22.5 Å². The SMILES string of the molecule is CCNC(=NCC1CCCN(C)C1c1cccs1)N1CCCC1. The molecule has 0 aromatic carbocycles. The summed E-state index contributed by atoms with van der Waals surface area (Å²) in [6.45, 7) is 7.57. The molecule has 2 unspecified atom stereocenters. The second kappa shape index (κ2) is 8.15. The van der Waals surface area contributed by atoms with Gasteiger partial charge >= 0.3 is 0 Å². The highest BCUT2D eigenvalue weighted by atomic mass is 32.1. The maximum absolute atomic E-state index is 5.02. The van der Waals surface area contributed by atoms with Crippen LogP contribution in [0, 0.1) is 5.92 Å². The van der Waals surface area contributed by atoms with Crippen LogP contribution in [0.1, 0.15) is 43.5 Å². The minimum absolute atomic E-state index is 0.536. The molecule has 1 aromatic rings. The van der Waals surface area contributed by atoms with Crippen molar-refractivity contribution < 1.29 is 0 Å². The Morgan fingerprint density at radius 1 is 1.30 bits per heavy atom. The maximum atomic E-state index is 5.02. The van der Waals surface area contributed by atoms with Crippen LogP contribution in [0.2, 0.25) is 0 Å². The Morgan fingerprint density at radius 3 is 2.83 bits per heavy atom. The molecule has 5 heteroatoms. The van der Waals surface area contributed by atoms with E-state index < -0.39 is 0 Å². The lowest BCUT2D eigenvalue weighted by molar-refractivity contribution is 0.128. The molecule has 4 nitrogen and oxygen atoms in total. The van der Waals surface area contributed by atoms with Gasteiger partial charge in [0, 0.05) is 37.1 Å². The van der Waals surface area contributed by atoms with Crippen molar-refractivity contribution in [3.8, 4) is 0 Å². The van der Waals surface area contributed by atoms with Gasteiger partial charge in [-0.2, -0.15) is 0 Å².